The van der Waals surface area contributed by atoms with Gasteiger partial charge < -0.3 is 5.32 Å². The van der Waals surface area contributed by atoms with Crippen LogP contribution in [-0.4, -0.2) is 11.9 Å². The topological polar surface area (TPSA) is 29.1 Å². The summed E-state index contributed by atoms with van der Waals surface area (Å²) in [5.74, 6) is 1.68. The van der Waals surface area contributed by atoms with Gasteiger partial charge in [-0.2, -0.15) is 0 Å². The van der Waals surface area contributed by atoms with Gasteiger partial charge in [0.15, 0.2) is 0 Å². The summed E-state index contributed by atoms with van der Waals surface area (Å²) in [6.07, 6.45) is 4.89. The Balaban J connectivity index is 1.57. The molecule has 2 nitrogen and oxygen atoms in total. The summed E-state index contributed by atoms with van der Waals surface area (Å²) in [5, 5.41) is 3.28. The van der Waals surface area contributed by atoms with Gasteiger partial charge in [-0.05, 0) is 36.5 Å². The van der Waals surface area contributed by atoms with Crippen molar-refractivity contribution in [2.75, 3.05) is 0 Å². The van der Waals surface area contributed by atoms with E-state index in [0.29, 0.717) is 12.0 Å². The molecule has 4 heteroatoms. The molecule has 1 saturated carbocycles. The molecule has 1 aromatic carbocycles. The first-order valence-corrected chi connectivity index (χ1v) is 10.2. The van der Waals surface area contributed by atoms with Crippen LogP contribution in [0.15, 0.2) is 35.2 Å². The fourth-order valence-electron chi connectivity index (χ4n) is 3.58. The number of fused-ring (bicyclic) bond motifs is 3. The Morgan fingerprint density at radius 3 is 2.91 bits per heavy atom. The molecule has 1 aliphatic carbocycles. The van der Waals surface area contributed by atoms with Crippen LogP contribution in [0.4, 0.5) is 0 Å². The quantitative estimate of drug-likeness (QED) is 0.798. The lowest BCUT2D eigenvalue weighted by atomic mass is 9.86. The van der Waals surface area contributed by atoms with Gasteiger partial charge in [0.1, 0.15) is 0 Å². The maximum Gasteiger partial charge on any atom is 0.261 e. The zero-order chi connectivity index (χ0) is 15.8. The Hall–Kier alpha value is -1.26. The van der Waals surface area contributed by atoms with E-state index in [0.717, 1.165) is 17.1 Å². The van der Waals surface area contributed by atoms with Crippen molar-refractivity contribution in [2.45, 2.75) is 49.3 Å². The first-order valence-electron chi connectivity index (χ1n) is 8.38. The van der Waals surface area contributed by atoms with Crippen molar-refractivity contribution in [3.8, 4) is 10.4 Å². The third kappa shape index (κ3) is 2.94. The molecule has 0 spiro atoms. The highest BCUT2D eigenvalue weighted by molar-refractivity contribution is 7.98. The van der Waals surface area contributed by atoms with E-state index in [4.69, 9.17) is 0 Å². The molecular formula is C19H21NOS2. The van der Waals surface area contributed by atoms with Crippen molar-refractivity contribution in [2.24, 2.45) is 5.92 Å². The molecule has 0 unspecified atom stereocenters. The normalized spacial score (nSPS) is 23.0. The predicted octanol–water partition coefficient (Wildman–Crippen LogP) is 5.33. The number of rotatable bonds is 2. The fraction of sp³-hybridized carbons (Fsp3) is 0.421. The molecule has 1 amide bonds. The lowest BCUT2D eigenvalue weighted by molar-refractivity contribution is 0.0914. The minimum Gasteiger partial charge on any atom is -0.348 e. The van der Waals surface area contributed by atoms with Crippen LogP contribution in [0.25, 0.3) is 10.4 Å². The number of benzene rings is 1. The minimum absolute atomic E-state index is 0.116. The second-order valence-electron chi connectivity index (χ2n) is 6.59. The summed E-state index contributed by atoms with van der Waals surface area (Å²) < 4.78 is 0. The van der Waals surface area contributed by atoms with Gasteiger partial charge in [0.25, 0.3) is 5.91 Å². The molecule has 1 fully saturated rings. The Kier molecular flexibility index (Phi) is 4.20. The SMILES string of the molecule is C[C@H]1CCCC[C@H]1NC(=O)c1cc2c(s1)-c1ccccc1SC2. The summed E-state index contributed by atoms with van der Waals surface area (Å²) in [5.41, 5.74) is 2.59. The average Bonchev–Trinajstić information content (AvgIpc) is 3.02. The number of thioether (sulfide) groups is 1. The minimum atomic E-state index is 0.116. The monoisotopic (exact) mass is 343 g/mol. The van der Waals surface area contributed by atoms with Gasteiger partial charge in [-0.3, -0.25) is 4.79 Å². The van der Waals surface area contributed by atoms with Crippen molar-refractivity contribution in [3.05, 3.63) is 40.8 Å². The largest absolute Gasteiger partial charge is 0.348 e. The zero-order valence-electron chi connectivity index (χ0n) is 13.3. The van der Waals surface area contributed by atoms with Crippen LogP contribution in [0.5, 0.6) is 0 Å². The highest BCUT2D eigenvalue weighted by atomic mass is 32.2. The first-order chi connectivity index (χ1) is 11.2. The Bertz CT molecular complexity index is 737. The van der Waals surface area contributed by atoms with Crippen molar-refractivity contribution >= 4 is 29.0 Å². The second-order valence-corrected chi connectivity index (χ2v) is 8.66. The predicted molar refractivity (Wildman–Crippen MR) is 98.2 cm³/mol. The van der Waals surface area contributed by atoms with Crippen molar-refractivity contribution in [1.29, 1.82) is 0 Å². The Labute approximate surface area is 145 Å². The zero-order valence-corrected chi connectivity index (χ0v) is 14.9. The second kappa shape index (κ2) is 6.33. The van der Waals surface area contributed by atoms with Crippen LogP contribution in [0.1, 0.15) is 47.8 Å². The lowest BCUT2D eigenvalue weighted by Gasteiger charge is -2.29. The molecule has 0 radical (unpaired) electrons. The number of carbonyl (C=O) groups is 1. The molecule has 2 aliphatic rings. The summed E-state index contributed by atoms with van der Waals surface area (Å²) in [4.78, 5) is 16.2. The first kappa shape index (κ1) is 15.3. The van der Waals surface area contributed by atoms with E-state index in [-0.39, 0.29) is 5.91 Å². The van der Waals surface area contributed by atoms with Gasteiger partial charge in [0, 0.05) is 27.1 Å². The maximum absolute atomic E-state index is 12.7. The molecule has 4 rings (SSSR count). The molecule has 2 heterocycles. The molecule has 1 N–H and O–H groups in total. The number of amides is 1. The van der Waals surface area contributed by atoms with Gasteiger partial charge in [0.2, 0.25) is 0 Å². The number of hydrogen-bond acceptors (Lipinski definition) is 3. The lowest BCUT2D eigenvalue weighted by Crippen LogP contribution is -2.40. The van der Waals surface area contributed by atoms with E-state index in [1.54, 1.807) is 11.3 Å². The molecule has 23 heavy (non-hydrogen) atoms. The molecule has 0 bridgehead atoms. The Morgan fingerprint density at radius 2 is 2.04 bits per heavy atom. The molecular weight excluding hydrogens is 322 g/mol. The highest BCUT2D eigenvalue weighted by Gasteiger charge is 2.26. The summed E-state index contributed by atoms with van der Waals surface area (Å²) in [7, 11) is 0. The van der Waals surface area contributed by atoms with E-state index in [1.807, 2.05) is 11.8 Å². The van der Waals surface area contributed by atoms with E-state index in [9.17, 15) is 4.79 Å². The molecule has 1 aromatic heterocycles. The third-order valence-corrected chi connectivity index (χ3v) is 7.31. The van der Waals surface area contributed by atoms with Gasteiger partial charge >= 0.3 is 0 Å². The number of thiophene rings is 1. The number of nitrogens with one attached hydrogen (secondary N) is 1. The molecule has 2 atom stereocenters. The average molecular weight is 344 g/mol. The summed E-state index contributed by atoms with van der Waals surface area (Å²) in [6.45, 7) is 2.26. The van der Waals surface area contributed by atoms with Crippen LogP contribution in [-0.2, 0) is 5.75 Å². The van der Waals surface area contributed by atoms with E-state index >= 15 is 0 Å². The number of carbonyl (C=O) groups excluding carboxylic acids is 1. The summed E-state index contributed by atoms with van der Waals surface area (Å²) >= 11 is 3.52. The van der Waals surface area contributed by atoms with Crippen molar-refractivity contribution in [1.82, 2.24) is 5.32 Å². The molecule has 2 aromatic rings. The molecule has 0 saturated heterocycles. The standard InChI is InChI=1S/C19H21NOS2/c1-12-6-2-4-8-15(12)20-19(21)17-10-13-11-22-16-9-5-3-7-14(16)18(13)23-17/h3,5,7,9-10,12,15H,2,4,6,8,11H2,1H3,(H,20,21)/t12-,15+/m0/s1. The molecule has 120 valence electrons. The number of hydrogen-bond donors (Lipinski definition) is 1. The van der Waals surface area contributed by atoms with E-state index in [1.165, 1.54) is 40.2 Å². The van der Waals surface area contributed by atoms with Gasteiger partial charge in [-0.25, -0.2) is 0 Å². The van der Waals surface area contributed by atoms with Crippen molar-refractivity contribution < 1.29 is 4.79 Å². The Morgan fingerprint density at radius 1 is 1.22 bits per heavy atom. The molecule has 1 aliphatic heterocycles. The van der Waals surface area contributed by atoms with Gasteiger partial charge in [-0.15, -0.1) is 23.1 Å². The smallest absolute Gasteiger partial charge is 0.261 e. The maximum atomic E-state index is 12.7. The third-order valence-electron chi connectivity index (χ3n) is 4.98. The van der Waals surface area contributed by atoms with Gasteiger partial charge in [-0.1, -0.05) is 38.0 Å². The van der Waals surface area contributed by atoms with Crippen LogP contribution in [0, 0.1) is 5.92 Å². The van der Waals surface area contributed by atoms with Gasteiger partial charge in [0.05, 0.1) is 4.88 Å². The van der Waals surface area contributed by atoms with Crippen molar-refractivity contribution in [3.63, 3.8) is 0 Å². The van der Waals surface area contributed by atoms with Crippen LogP contribution in [0.2, 0.25) is 0 Å². The van der Waals surface area contributed by atoms with Crippen LogP contribution >= 0.6 is 23.1 Å². The van der Waals surface area contributed by atoms with E-state index in [2.05, 4.69) is 42.6 Å². The van der Waals surface area contributed by atoms with E-state index < -0.39 is 0 Å². The van der Waals surface area contributed by atoms with Crippen LogP contribution in [0.3, 0.4) is 0 Å². The fourth-order valence-corrected chi connectivity index (χ4v) is 5.90. The highest BCUT2D eigenvalue weighted by Crippen LogP contribution is 2.45. The summed E-state index contributed by atoms with van der Waals surface area (Å²) in [6, 6.07) is 11.0. The van der Waals surface area contributed by atoms with Crippen LogP contribution < -0.4 is 5.32 Å².